The van der Waals surface area contributed by atoms with E-state index in [-0.39, 0.29) is 17.6 Å². The van der Waals surface area contributed by atoms with Crippen molar-refractivity contribution >= 4 is 23.6 Å². The molecule has 0 radical (unpaired) electrons. The monoisotopic (exact) mass is 414 g/mol. The summed E-state index contributed by atoms with van der Waals surface area (Å²) in [5.74, 6) is 1.28. The van der Waals surface area contributed by atoms with Crippen LogP contribution in [-0.2, 0) is 14.3 Å². The molecule has 1 aromatic carbocycles. The molecule has 0 unspecified atom stereocenters. The number of esters is 1. The van der Waals surface area contributed by atoms with Crippen molar-refractivity contribution in [1.29, 1.82) is 0 Å². The molecule has 1 aromatic heterocycles. The minimum Gasteiger partial charge on any atom is -0.464 e. The maximum absolute atomic E-state index is 12.8. The Kier molecular flexibility index (Phi) is 6.18. The second-order valence-corrected chi connectivity index (χ2v) is 8.36. The summed E-state index contributed by atoms with van der Waals surface area (Å²) in [6.45, 7) is 2.72. The number of piperidine rings is 1. The highest BCUT2D eigenvalue weighted by Crippen LogP contribution is 2.40. The molecule has 2 aliphatic rings. The van der Waals surface area contributed by atoms with Crippen LogP contribution in [0.5, 0.6) is 0 Å². The first-order chi connectivity index (χ1) is 14.2. The van der Waals surface area contributed by atoms with Crippen LogP contribution in [0.4, 0.5) is 0 Å². The first-order valence-corrected chi connectivity index (χ1v) is 11.3. The van der Waals surface area contributed by atoms with Crippen molar-refractivity contribution < 1.29 is 14.3 Å². The summed E-state index contributed by atoms with van der Waals surface area (Å²) in [5.41, 5.74) is 0.985. The molecule has 29 heavy (non-hydrogen) atoms. The van der Waals surface area contributed by atoms with Gasteiger partial charge in [-0.05, 0) is 51.2 Å². The third-order valence-electron chi connectivity index (χ3n) is 5.26. The van der Waals surface area contributed by atoms with E-state index in [1.165, 1.54) is 11.8 Å². The fourth-order valence-corrected chi connectivity index (χ4v) is 4.37. The van der Waals surface area contributed by atoms with E-state index in [4.69, 9.17) is 9.72 Å². The summed E-state index contributed by atoms with van der Waals surface area (Å²) in [5, 5.41) is 5.25. The van der Waals surface area contributed by atoms with Gasteiger partial charge in [-0.15, -0.1) is 5.10 Å². The minimum atomic E-state index is -0.464. The highest BCUT2D eigenvalue weighted by molar-refractivity contribution is 7.99. The zero-order valence-corrected chi connectivity index (χ0v) is 17.4. The Balaban J connectivity index is 1.44. The maximum atomic E-state index is 12.8. The molecule has 1 saturated carbocycles. The van der Waals surface area contributed by atoms with Gasteiger partial charge >= 0.3 is 5.97 Å². The predicted molar refractivity (Wildman–Crippen MR) is 110 cm³/mol. The lowest BCUT2D eigenvalue weighted by Gasteiger charge is -2.33. The van der Waals surface area contributed by atoms with Gasteiger partial charge in [-0.3, -0.25) is 4.79 Å². The van der Waals surface area contributed by atoms with Crippen molar-refractivity contribution in [2.75, 3.05) is 18.9 Å². The molecular formula is C21H26N4O3S. The van der Waals surface area contributed by atoms with Gasteiger partial charge in [-0.2, -0.15) is 0 Å². The molecule has 0 spiro atoms. The van der Waals surface area contributed by atoms with Crippen LogP contribution in [0.25, 0.3) is 5.69 Å². The van der Waals surface area contributed by atoms with Crippen LogP contribution in [0.15, 0.2) is 35.5 Å². The van der Waals surface area contributed by atoms with Gasteiger partial charge in [0.05, 0.1) is 18.0 Å². The van der Waals surface area contributed by atoms with E-state index >= 15 is 0 Å². The first kappa shape index (κ1) is 19.9. The summed E-state index contributed by atoms with van der Waals surface area (Å²) in [4.78, 5) is 31.4. The van der Waals surface area contributed by atoms with Gasteiger partial charge in [0.1, 0.15) is 11.9 Å². The van der Waals surface area contributed by atoms with Crippen LogP contribution in [0.3, 0.4) is 0 Å². The number of para-hydroxylation sites is 1. The van der Waals surface area contributed by atoms with Crippen molar-refractivity contribution in [3.63, 3.8) is 0 Å². The Bertz CT molecular complexity index is 866. The minimum absolute atomic E-state index is 0.0585. The summed E-state index contributed by atoms with van der Waals surface area (Å²) < 4.78 is 7.05. The third kappa shape index (κ3) is 4.63. The Morgan fingerprint density at radius 1 is 1.17 bits per heavy atom. The molecule has 0 N–H and O–H groups in total. The molecule has 2 aromatic rings. The molecular weight excluding hydrogens is 388 g/mol. The average Bonchev–Trinajstić information content (AvgIpc) is 3.52. The lowest BCUT2D eigenvalue weighted by atomic mass is 10.0. The largest absolute Gasteiger partial charge is 0.464 e. The third-order valence-corrected chi connectivity index (χ3v) is 6.08. The predicted octanol–water partition coefficient (Wildman–Crippen LogP) is 3.18. The number of amides is 1. The molecule has 1 atom stereocenters. The molecule has 1 saturated heterocycles. The van der Waals surface area contributed by atoms with Gasteiger partial charge in [-0.1, -0.05) is 30.0 Å². The van der Waals surface area contributed by atoms with Gasteiger partial charge in [0.2, 0.25) is 11.1 Å². The number of ether oxygens (including phenoxy) is 1. The molecule has 1 aliphatic heterocycles. The standard InChI is InChI=1S/C21H26N4O3S/c1-2-28-20(27)17-10-6-7-13-24(17)18(26)14-29-21-22-19(15-11-12-15)25(23-21)16-8-4-3-5-9-16/h3-5,8-9,15,17H,2,6-7,10-14H2,1H3/t17-/m1/s1. The second kappa shape index (κ2) is 8.98. The number of carbonyl (C=O) groups excluding carboxylic acids is 2. The molecule has 1 aliphatic carbocycles. The van der Waals surface area contributed by atoms with Crippen molar-refractivity contribution in [1.82, 2.24) is 19.7 Å². The molecule has 1 amide bonds. The summed E-state index contributed by atoms with van der Waals surface area (Å²) in [6.07, 6.45) is 4.78. The first-order valence-electron chi connectivity index (χ1n) is 10.3. The normalized spacial score (nSPS) is 19.2. The maximum Gasteiger partial charge on any atom is 0.328 e. The van der Waals surface area contributed by atoms with Crippen molar-refractivity contribution in [3.05, 3.63) is 36.2 Å². The lowest BCUT2D eigenvalue weighted by Crippen LogP contribution is -2.49. The number of carbonyl (C=O) groups is 2. The van der Waals surface area contributed by atoms with Crippen molar-refractivity contribution in [2.45, 2.75) is 56.1 Å². The van der Waals surface area contributed by atoms with E-state index in [9.17, 15) is 9.59 Å². The van der Waals surface area contributed by atoms with Crippen LogP contribution in [-0.4, -0.2) is 56.5 Å². The number of benzene rings is 1. The van der Waals surface area contributed by atoms with Crippen LogP contribution < -0.4 is 0 Å². The molecule has 2 heterocycles. The molecule has 154 valence electrons. The number of rotatable bonds is 7. The van der Waals surface area contributed by atoms with Gasteiger partial charge < -0.3 is 9.64 Å². The van der Waals surface area contributed by atoms with Gasteiger partial charge in [0, 0.05) is 12.5 Å². The summed E-state index contributed by atoms with van der Waals surface area (Å²) >= 11 is 1.34. The summed E-state index contributed by atoms with van der Waals surface area (Å²) in [7, 11) is 0. The van der Waals surface area contributed by atoms with Crippen molar-refractivity contribution in [2.24, 2.45) is 0 Å². The zero-order valence-electron chi connectivity index (χ0n) is 16.6. The highest BCUT2D eigenvalue weighted by atomic mass is 32.2. The Morgan fingerprint density at radius 3 is 2.69 bits per heavy atom. The van der Waals surface area contributed by atoms with Gasteiger partial charge in [0.15, 0.2) is 0 Å². The molecule has 2 fully saturated rings. The number of likely N-dealkylation sites (tertiary alicyclic amines) is 1. The number of hydrogen-bond donors (Lipinski definition) is 0. The smallest absolute Gasteiger partial charge is 0.328 e. The quantitative estimate of drug-likeness (QED) is 0.512. The van der Waals surface area contributed by atoms with Crippen LogP contribution >= 0.6 is 11.8 Å². The molecule has 4 rings (SSSR count). The van der Waals surface area contributed by atoms with Crippen molar-refractivity contribution in [3.8, 4) is 5.69 Å². The Labute approximate surface area is 174 Å². The zero-order chi connectivity index (χ0) is 20.2. The van der Waals surface area contributed by atoms with E-state index in [1.807, 2.05) is 35.0 Å². The molecule has 8 heteroatoms. The van der Waals surface area contributed by atoms with Crippen LogP contribution in [0, 0.1) is 0 Å². The Morgan fingerprint density at radius 2 is 1.97 bits per heavy atom. The topological polar surface area (TPSA) is 77.3 Å². The van der Waals surface area contributed by atoms with Crippen LogP contribution in [0.2, 0.25) is 0 Å². The number of thioether (sulfide) groups is 1. The average molecular weight is 415 g/mol. The van der Waals surface area contributed by atoms with E-state index < -0.39 is 6.04 Å². The fraction of sp³-hybridized carbons (Fsp3) is 0.524. The van der Waals surface area contributed by atoms with Gasteiger partial charge in [-0.25, -0.2) is 14.5 Å². The lowest BCUT2D eigenvalue weighted by molar-refractivity contribution is -0.155. The summed E-state index contributed by atoms with van der Waals surface area (Å²) in [6, 6.07) is 9.50. The fourth-order valence-electron chi connectivity index (χ4n) is 3.65. The number of hydrogen-bond acceptors (Lipinski definition) is 6. The van der Waals surface area contributed by atoms with Crippen LogP contribution in [0.1, 0.15) is 50.8 Å². The highest BCUT2D eigenvalue weighted by Gasteiger charge is 2.34. The Hall–Kier alpha value is -2.35. The van der Waals surface area contributed by atoms with E-state index in [1.54, 1.807) is 11.8 Å². The van der Waals surface area contributed by atoms with Gasteiger partial charge in [0.25, 0.3) is 0 Å². The molecule has 0 bridgehead atoms. The molecule has 7 nitrogen and oxygen atoms in total. The van der Waals surface area contributed by atoms with E-state index in [2.05, 4.69) is 5.10 Å². The number of nitrogens with zero attached hydrogens (tertiary/aromatic N) is 4. The number of aromatic nitrogens is 3. The second-order valence-electron chi connectivity index (χ2n) is 7.41. The van der Waals surface area contributed by atoms with E-state index in [0.717, 1.165) is 37.2 Å². The van der Waals surface area contributed by atoms with E-state index in [0.29, 0.717) is 30.6 Å². The SMILES string of the molecule is CCOC(=O)[C@H]1CCCCN1C(=O)CSc1nc(C2CC2)n(-c2ccccc2)n1.